The fourth-order valence-corrected chi connectivity index (χ4v) is 2.90. The Balaban J connectivity index is 2.16. The Labute approximate surface area is 120 Å². The van der Waals surface area contributed by atoms with Gasteiger partial charge in [-0.05, 0) is 72.3 Å². The number of likely N-dealkylation sites (N-methyl/N-ethyl adjacent to an activating group) is 1. The first kappa shape index (κ1) is 16.9. The van der Waals surface area contributed by atoms with Crippen molar-refractivity contribution in [3.05, 3.63) is 0 Å². The summed E-state index contributed by atoms with van der Waals surface area (Å²) < 4.78 is 0. The molecule has 0 aromatic carbocycles. The zero-order valence-corrected chi connectivity index (χ0v) is 13.8. The Morgan fingerprint density at radius 2 is 2.00 bits per heavy atom. The van der Waals surface area contributed by atoms with E-state index in [4.69, 9.17) is 0 Å². The van der Waals surface area contributed by atoms with Crippen LogP contribution in [0.2, 0.25) is 0 Å². The molecule has 0 radical (unpaired) electrons. The Kier molecular flexibility index (Phi) is 7.96. The van der Waals surface area contributed by atoms with E-state index in [0.29, 0.717) is 0 Å². The minimum atomic E-state index is 0.739. The van der Waals surface area contributed by atoms with Crippen molar-refractivity contribution in [2.45, 2.75) is 58.5 Å². The number of hydrogen-bond acceptors (Lipinski definition) is 3. The lowest BCUT2D eigenvalue weighted by molar-refractivity contribution is 0.0979. The summed E-state index contributed by atoms with van der Waals surface area (Å²) in [6.45, 7) is 11.8. The number of rotatable bonds is 8. The highest BCUT2D eigenvalue weighted by Crippen LogP contribution is 2.18. The van der Waals surface area contributed by atoms with Crippen molar-refractivity contribution in [1.82, 2.24) is 15.1 Å². The normalized spacial score (nSPS) is 23.2. The molecule has 3 nitrogen and oxygen atoms in total. The van der Waals surface area contributed by atoms with Crippen LogP contribution in [0.4, 0.5) is 0 Å². The highest BCUT2D eigenvalue weighted by molar-refractivity contribution is 4.81. The van der Waals surface area contributed by atoms with Crippen LogP contribution in [0.1, 0.15) is 46.5 Å². The Bertz CT molecular complexity index is 228. The molecule has 1 saturated heterocycles. The number of nitrogens with zero attached hydrogens (tertiary/aromatic N) is 2. The summed E-state index contributed by atoms with van der Waals surface area (Å²) in [5.41, 5.74) is 0. The third kappa shape index (κ3) is 6.73. The molecular weight excluding hydrogens is 234 g/mol. The van der Waals surface area contributed by atoms with Crippen LogP contribution in [0.25, 0.3) is 0 Å². The fraction of sp³-hybridized carbons (Fsp3) is 1.00. The van der Waals surface area contributed by atoms with Gasteiger partial charge in [0.2, 0.25) is 0 Å². The Morgan fingerprint density at radius 3 is 2.63 bits per heavy atom. The van der Waals surface area contributed by atoms with Crippen molar-refractivity contribution >= 4 is 0 Å². The number of hydrogen-bond donors (Lipinski definition) is 1. The molecule has 0 aliphatic carbocycles. The van der Waals surface area contributed by atoms with Gasteiger partial charge in [0.15, 0.2) is 0 Å². The summed E-state index contributed by atoms with van der Waals surface area (Å²) in [6.07, 6.45) is 5.35. The minimum absolute atomic E-state index is 0.739. The monoisotopic (exact) mass is 269 g/mol. The van der Waals surface area contributed by atoms with E-state index in [1.54, 1.807) is 0 Å². The molecule has 0 spiro atoms. The van der Waals surface area contributed by atoms with Gasteiger partial charge in [0.05, 0.1) is 0 Å². The van der Waals surface area contributed by atoms with Gasteiger partial charge in [0.25, 0.3) is 0 Å². The van der Waals surface area contributed by atoms with Crippen LogP contribution in [0.3, 0.4) is 0 Å². The van der Waals surface area contributed by atoms with Crippen LogP contribution in [-0.4, -0.2) is 62.2 Å². The summed E-state index contributed by atoms with van der Waals surface area (Å²) in [5.74, 6) is 0.764. The number of nitrogens with one attached hydrogen (secondary N) is 1. The molecule has 0 aromatic heterocycles. The molecule has 0 amide bonds. The molecule has 19 heavy (non-hydrogen) atoms. The second-order valence-electron chi connectivity index (χ2n) is 6.84. The molecule has 3 heteroatoms. The summed E-state index contributed by atoms with van der Waals surface area (Å²) in [6, 6.07) is 1.50. The summed E-state index contributed by atoms with van der Waals surface area (Å²) in [5, 5.41) is 3.54. The van der Waals surface area contributed by atoms with Gasteiger partial charge in [-0.25, -0.2) is 0 Å². The van der Waals surface area contributed by atoms with Crippen LogP contribution in [-0.2, 0) is 0 Å². The molecule has 1 rings (SSSR count). The molecule has 0 bridgehead atoms. The van der Waals surface area contributed by atoms with E-state index in [1.807, 2.05) is 0 Å². The zero-order valence-electron chi connectivity index (χ0n) is 13.8. The summed E-state index contributed by atoms with van der Waals surface area (Å²) in [4.78, 5) is 5.08. The molecular formula is C16H35N3. The quantitative estimate of drug-likeness (QED) is 0.683. The van der Waals surface area contributed by atoms with Crippen LogP contribution >= 0.6 is 0 Å². The highest BCUT2D eigenvalue weighted by atomic mass is 15.2. The van der Waals surface area contributed by atoms with Crippen molar-refractivity contribution < 1.29 is 0 Å². The average Bonchev–Trinajstić information content (AvgIpc) is 2.37. The lowest BCUT2D eigenvalue weighted by Crippen LogP contribution is -2.48. The van der Waals surface area contributed by atoms with Gasteiger partial charge in [0.1, 0.15) is 0 Å². The van der Waals surface area contributed by atoms with Gasteiger partial charge in [-0.1, -0.05) is 13.8 Å². The Morgan fingerprint density at radius 1 is 1.26 bits per heavy atom. The van der Waals surface area contributed by atoms with Gasteiger partial charge in [-0.3, -0.25) is 4.90 Å². The molecule has 2 unspecified atom stereocenters. The van der Waals surface area contributed by atoms with Crippen molar-refractivity contribution in [3.63, 3.8) is 0 Å². The third-order valence-corrected chi connectivity index (χ3v) is 4.31. The van der Waals surface area contributed by atoms with Crippen molar-refractivity contribution in [2.75, 3.05) is 40.3 Å². The number of piperidine rings is 1. The lowest BCUT2D eigenvalue weighted by atomic mass is 10.0. The Hall–Kier alpha value is -0.120. The van der Waals surface area contributed by atoms with E-state index in [-0.39, 0.29) is 0 Å². The molecule has 2 atom stereocenters. The van der Waals surface area contributed by atoms with Gasteiger partial charge in [0, 0.05) is 18.6 Å². The van der Waals surface area contributed by atoms with E-state index in [9.17, 15) is 0 Å². The molecule has 1 aliphatic heterocycles. The maximum atomic E-state index is 3.54. The second-order valence-corrected chi connectivity index (χ2v) is 6.84. The topological polar surface area (TPSA) is 18.5 Å². The van der Waals surface area contributed by atoms with Crippen LogP contribution in [0.15, 0.2) is 0 Å². The maximum Gasteiger partial charge on any atom is 0.0217 e. The van der Waals surface area contributed by atoms with Crippen LogP contribution in [0, 0.1) is 5.92 Å². The lowest BCUT2D eigenvalue weighted by Gasteiger charge is -2.39. The largest absolute Gasteiger partial charge is 0.316 e. The average molecular weight is 269 g/mol. The molecule has 114 valence electrons. The first-order valence-electron chi connectivity index (χ1n) is 8.12. The third-order valence-electron chi connectivity index (χ3n) is 4.31. The van der Waals surface area contributed by atoms with E-state index in [0.717, 1.165) is 24.5 Å². The SMILES string of the molecule is CC(C)CNCCCC(C)N1CCCC(N(C)C)C1. The summed E-state index contributed by atoms with van der Waals surface area (Å²) in [7, 11) is 4.43. The molecule has 1 fully saturated rings. The van der Waals surface area contributed by atoms with Crippen molar-refractivity contribution in [3.8, 4) is 0 Å². The van der Waals surface area contributed by atoms with Crippen molar-refractivity contribution in [2.24, 2.45) is 5.92 Å². The molecule has 1 aliphatic rings. The molecule has 1 N–H and O–H groups in total. The fourth-order valence-electron chi connectivity index (χ4n) is 2.90. The molecule has 0 saturated carbocycles. The molecule has 0 aromatic rings. The number of likely N-dealkylation sites (tertiary alicyclic amines) is 1. The molecule has 1 heterocycles. The van der Waals surface area contributed by atoms with E-state index >= 15 is 0 Å². The summed E-state index contributed by atoms with van der Waals surface area (Å²) >= 11 is 0. The van der Waals surface area contributed by atoms with E-state index in [2.05, 4.69) is 50.0 Å². The van der Waals surface area contributed by atoms with Gasteiger partial charge >= 0.3 is 0 Å². The minimum Gasteiger partial charge on any atom is -0.316 e. The van der Waals surface area contributed by atoms with E-state index < -0.39 is 0 Å². The van der Waals surface area contributed by atoms with E-state index in [1.165, 1.54) is 45.3 Å². The zero-order chi connectivity index (χ0) is 14.3. The maximum absolute atomic E-state index is 3.54. The van der Waals surface area contributed by atoms with Crippen molar-refractivity contribution in [1.29, 1.82) is 0 Å². The first-order chi connectivity index (χ1) is 9.00. The standard InChI is InChI=1S/C16H35N3/c1-14(2)12-17-10-6-8-15(3)19-11-7-9-16(13-19)18(4)5/h14-17H,6-13H2,1-5H3. The van der Waals surface area contributed by atoms with Crippen LogP contribution < -0.4 is 5.32 Å². The first-order valence-corrected chi connectivity index (χ1v) is 8.12. The predicted octanol–water partition coefficient (Wildman–Crippen LogP) is 2.43. The highest BCUT2D eigenvalue weighted by Gasteiger charge is 2.24. The second kappa shape index (κ2) is 8.93. The smallest absolute Gasteiger partial charge is 0.0217 e. The predicted molar refractivity (Wildman–Crippen MR) is 84.7 cm³/mol. The van der Waals surface area contributed by atoms with Gasteiger partial charge in [-0.2, -0.15) is 0 Å². The van der Waals surface area contributed by atoms with Crippen LogP contribution in [0.5, 0.6) is 0 Å². The van der Waals surface area contributed by atoms with Gasteiger partial charge < -0.3 is 10.2 Å². The van der Waals surface area contributed by atoms with Gasteiger partial charge in [-0.15, -0.1) is 0 Å².